The second kappa shape index (κ2) is 7.11. The molecule has 134 valence electrons. The molecule has 1 aromatic carbocycles. The molecule has 0 bridgehead atoms. The van der Waals surface area contributed by atoms with Crippen molar-refractivity contribution in [3.63, 3.8) is 0 Å². The van der Waals surface area contributed by atoms with Crippen LogP contribution in [0.2, 0.25) is 0 Å². The molecule has 3 heterocycles. The maximum atomic E-state index is 13.0. The fourth-order valence-electron chi connectivity index (χ4n) is 3.66. The first-order valence-electron chi connectivity index (χ1n) is 8.95. The molecule has 1 saturated heterocycles. The second-order valence-electron chi connectivity index (χ2n) is 6.71. The molecule has 4 rings (SSSR count). The monoisotopic (exact) mass is 350 g/mol. The van der Waals surface area contributed by atoms with Crippen LogP contribution in [-0.2, 0) is 4.79 Å². The van der Waals surface area contributed by atoms with E-state index >= 15 is 0 Å². The van der Waals surface area contributed by atoms with Gasteiger partial charge >= 0.3 is 0 Å². The van der Waals surface area contributed by atoms with Crippen molar-refractivity contribution in [3.8, 4) is 0 Å². The molecule has 1 aromatic heterocycles. The number of hydrogen-bond acceptors (Lipinski definition) is 6. The van der Waals surface area contributed by atoms with Gasteiger partial charge in [-0.15, -0.1) is 0 Å². The second-order valence-corrected chi connectivity index (χ2v) is 6.71. The van der Waals surface area contributed by atoms with Gasteiger partial charge in [-0.25, -0.2) is 15.0 Å². The van der Waals surface area contributed by atoms with Gasteiger partial charge in [-0.3, -0.25) is 4.79 Å². The molecule has 1 amide bonds. The van der Waals surface area contributed by atoms with E-state index in [2.05, 4.69) is 32.1 Å². The fraction of sp³-hybridized carbons (Fsp3) is 0.368. The molecule has 2 aliphatic heterocycles. The molecule has 0 saturated carbocycles. The van der Waals surface area contributed by atoms with Gasteiger partial charge in [0.05, 0.1) is 6.04 Å². The van der Waals surface area contributed by atoms with Gasteiger partial charge in [-0.2, -0.15) is 5.10 Å². The average Bonchev–Trinajstić information content (AvgIpc) is 3.18. The van der Waals surface area contributed by atoms with Crippen LogP contribution in [0.3, 0.4) is 0 Å². The van der Waals surface area contributed by atoms with Gasteiger partial charge in [-0.1, -0.05) is 30.3 Å². The van der Waals surface area contributed by atoms with Gasteiger partial charge in [0, 0.05) is 37.7 Å². The van der Waals surface area contributed by atoms with Gasteiger partial charge in [-0.05, 0) is 18.4 Å². The lowest BCUT2D eigenvalue weighted by molar-refractivity contribution is -0.138. The molecule has 2 aliphatic rings. The maximum Gasteiger partial charge on any atom is 0.246 e. The van der Waals surface area contributed by atoms with E-state index < -0.39 is 0 Å². The lowest BCUT2D eigenvalue weighted by atomic mass is 9.94. The number of hydrazone groups is 1. The predicted octanol–water partition coefficient (Wildman–Crippen LogP) is 2.23. The fourth-order valence-corrected chi connectivity index (χ4v) is 3.66. The Hall–Kier alpha value is -2.96. The van der Waals surface area contributed by atoms with Gasteiger partial charge in [0.1, 0.15) is 18.0 Å². The first-order valence-corrected chi connectivity index (χ1v) is 8.95. The summed E-state index contributed by atoms with van der Waals surface area (Å²) in [4.78, 5) is 23.4. The van der Waals surface area contributed by atoms with Crippen LogP contribution >= 0.6 is 0 Å². The van der Waals surface area contributed by atoms with E-state index in [0.717, 1.165) is 43.7 Å². The van der Waals surface area contributed by atoms with E-state index in [-0.39, 0.29) is 17.9 Å². The summed E-state index contributed by atoms with van der Waals surface area (Å²) in [5.41, 5.74) is 6.87. The normalized spacial score (nSPS) is 20.5. The van der Waals surface area contributed by atoms with Crippen molar-refractivity contribution in [2.75, 3.05) is 23.7 Å². The number of carbonyl (C=O) groups excluding carboxylic acids is 1. The lowest BCUT2D eigenvalue weighted by Gasteiger charge is -2.34. The third kappa shape index (κ3) is 3.24. The van der Waals surface area contributed by atoms with E-state index in [1.165, 1.54) is 6.33 Å². The van der Waals surface area contributed by atoms with E-state index in [4.69, 9.17) is 5.73 Å². The van der Waals surface area contributed by atoms with Crippen molar-refractivity contribution < 1.29 is 4.79 Å². The first kappa shape index (κ1) is 16.5. The number of rotatable bonds is 3. The summed E-state index contributed by atoms with van der Waals surface area (Å²) in [5, 5.41) is 6.04. The number of nitrogen functional groups attached to an aromatic ring is 1. The van der Waals surface area contributed by atoms with Crippen LogP contribution in [0.5, 0.6) is 0 Å². The molecule has 26 heavy (non-hydrogen) atoms. The molecule has 1 fully saturated rings. The number of aromatic nitrogens is 2. The Bertz CT molecular complexity index is 801. The third-order valence-corrected chi connectivity index (χ3v) is 5.08. The molecular formula is C19H22N6O. The minimum absolute atomic E-state index is 0.00750. The molecule has 7 heteroatoms. The quantitative estimate of drug-likeness (QED) is 0.917. The zero-order chi connectivity index (χ0) is 17.9. The van der Waals surface area contributed by atoms with E-state index in [9.17, 15) is 4.79 Å². The summed E-state index contributed by atoms with van der Waals surface area (Å²) in [7, 11) is 0. The van der Waals surface area contributed by atoms with Gasteiger partial charge in [0.15, 0.2) is 0 Å². The minimum atomic E-state index is -0.00750. The molecule has 0 radical (unpaired) electrons. The Morgan fingerprint density at radius 1 is 1.12 bits per heavy atom. The smallest absolute Gasteiger partial charge is 0.246 e. The van der Waals surface area contributed by atoms with Crippen molar-refractivity contribution in [1.82, 2.24) is 15.0 Å². The Labute approximate surface area is 152 Å². The Morgan fingerprint density at radius 3 is 2.62 bits per heavy atom. The van der Waals surface area contributed by atoms with Crippen LogP contribution in [0.15, 0.2) is 47.8 Å². The first-order chi connectivity index (χ1) is 12.7. The highest BCUT2D eigenvalue weighted by atomic mass is 16.2. The van der Waals surface area contributed by atoms with Crippen LogP contribution in [0.4, 0.5) is 11.6 Å². The summed E-state index contributed by atoms with van der Waals surface area (Å²) in [6.45, 7) is 1.56. The molecule has 0 aliphatic carbocycles. The third-order valence-electron chi connectivity index (χ3n) is 5.08. The molecule has 2 aromatic rings. The van der Waals surface area contributed by atoms with Crippen LogP contribution in [0.25, 0.3) is 0 Å². The topological polar surface area (TPSA) is 87.7 Å². The highest BCUT2D eigenvalue weighted by molar-refractivity contribution is 5.82. The van der Waals surface area contributed by atoms with Crippen LogP contribution in [0, 0.1) is 5.92 Å². The summed E-state index contributed by atoms with van der Waals surface area (Å²) < 4.78 is 0. The minimum Gasteiger partial charge on any atom is -0.384 e. The van der Waals surface area contributed by atoms with E-state index in [1.807, 2.05) is 24.4 Å². The van der Waals surface area contributed by atoms with Crippen molar-refractivity contribution >= 4 is 23.8 Å². The SMILES string of the molecule is Nc1cc(N2CCC(C(=O)N3N=CC[C@H]3c3ccccc3)CC2)ncn1. The molecule has 0 unspecified atom stereocenters. The van der Waals surface area contributed by atoms with Crippen molar-refractivity contribution in [3.05, 3.63) is 48.3 Å². The number of hydrogen-bond donors (Lipinski definition) is 1. The Kier molecular flexibility index (Phi) is 4.51. The van der Waals surface area contributed by atoms with E-state index in [1.54, 1.807) is 11.1 Å². The van der Waals surface area contributed by atoms with Gasteiger partial charge in [0.2, 0.25) is 5.91 Å². The summed E-state index contributed by atoms with van der Waals surface area (Å²) in [5.74, 6) is 1.40. The highest BCUT2D eigenvalue weighted by Gasteiger charge is 2.34. The Balaban J connectivity index is 1.41. The van der Waals surface area contributed by atoms with Gasteiger partial charge < -0.3 is 10.6 Å². The molecule has 2 N–H and O–H groups in total. The molecule has 0 spiro atoms. The standard InChI is InChI=1S/C19H22N6O/c20-17-12-18(22-13-21-17)24-10-7-15(8-11-24)19(26)25-16(6-9-23-25)14-4-2-1-3-5-14/h1-5,9,12-13,15-16H,6-8,10-11H2,(H2,20,21,22)/t16-/m0/s1. The van der Waals surface area contributed by atoms with Crippen molar-refractivity contribution in [1.29, 1.82) is 0 Å². The molecular weight excluding hydrogens is 328 g/mol. The lowest BCUT2D eigenvalue weighted by Crippen LogP contribution is -2.41. The van der Waals surface area contributed by atoms with Crippen molar-refractivity contribution in [2.24, 2.45) is 11.0 Å². The molecule has 7 nitrogen and oxygen atoms in total. The zero-order valence-corrected chi connectivity index (χ0v) is 14.5. The number of carbonyl (C=O) groups is 1. The van der Waals surface area contributed by atoms with Crippen LogP contribution in [0.1, 0.15) is 30.9 Å². The number of nitrogens with two attached hydrogens (primary N) is 1. The summed E-state index contributed by atoms with van der Waals surface area (Å²) in [6.07, 6.45) is 5.67. The predicted molar refractivity (Wildman–Crippen MR) is 101 cm³/mol. The maximum absolute atomic E-state index is 13.0. The van der Waals surface area contributed by atoms with Crippen molar-refractivity contribution in [2.45, 2.75) is 25.3 Å². The number of nitrogens with zero attached hydrogens (tertiary/aromatic N) is 5. The Morgan fingerprint density at radius 2 is 1.88 bits per heavy atom. The van der Waals surface area contributed by atoms with E-state index in [0.29, 0.717) is 5.82 Å². The average molecular weight is 350 g/mol. The number of anilines is 2. The van der Waals surface area contributed by atoms with Crippen LogP contribution < -0.4 is 10.6 Å². The molecule has 1 atom stereocenters. The number of benzene rings is 1. The zero-order valence-electron chi connectivity index (χ0n) is 14.5. The summed E-state index contributed by atoms with van der Waals surface area (Å²) >= 11 is 0. The number of piperidine rings is 1. The van der Waals surface area contributed by atoms with Gasteiger partial charge in [0.25, 0.3) is 0 Å². The number of amides is 1. The summed E-state index contributed by atoms with van der Waals surface area (Å²) in [6, 6.07) is 11.9. The largest absolute Gasteiger partial charge is 0.384 e. The highest BCUT2D eigenvalue weighted by Crippen LogP contribution is 2.32. The van der Waals surface area contributed by atoms with Crippen LogP contribution in [-0.4, -0.2) is 40.2 Å².